The molecule has 0 atom stereocenters. The average Bonchev–Trinajstić information content (AvgIpc) is 2.28. The minimum atomic E-state index is 0.644. The fraction of sp³-hybridized carbons (Fsp3) is 0.182. The Bertz CT molecular complexity index is 470. The number of halogens is 1. The van der Waals surface area contributed by atoms with Gasteiger partial charge in [0.05, 0.1) is 36.0 Å². The van der Waals surface area contributed by atoms with E-state index in [1.165, 1.54) is 0 Å². The van der Waals surface area contributed by atoms with Gasteiger partial charge in [-0.1, -0.05) is 0 Å². The molecule has 0 aliphatic rings. The largest absolute Gasteiger partial charge is 0.378 e. The summed E-state index contributed by atoms with van der Waals surface area (Å²) in [6, 6.07) is 1.97. The van der Waals surface area contributed by atoms with Crippen LogP contribution in [-0.2, 0) is 6.54 Å². The van der Waals surface area contributed by atoms with Crippen LogP contribution in [0.3, 0.4) is 0 Å². The van der Waals surface area contributed by atoms with Crippen molar-refractivity contribution in [2.24, 2.45) is 0 Å². The summed E-state index contributed by atoms with van der Waals surface area (Å²) in [5, 5.41) is 3.23. The van der Waals surface area contributed by atoms with E-state index < -0.39 is 0 Å². The molecule has 0 aliphatic heterocycles. The molecule has 16 heavy (non-hydrogen) atoms. The molecule has 0 amide bonds. The van der Waals surface area contributed by atoms with Crippen molar-refractivity contribution in [2.75, 3.05) is 5.32 Å². The molecule has 0 radical (unpaired) electrons. The molecule has 82 valence electrons. The summed E-state index contributed by atoms with van der Waals surface area (Å²) in [7, 11) is 0. The van der Waals surface area contributed by atoms with Crippen LogP contribution in [0, 0.1) is 6.92 Å². The predicted octanol–water partition coefficient (Wildman–Crippen LogP) is 2.55. The molecule has 2 aromatic rings. The van der Waals surface area contributed by atoms with Crippen LogP contribution >= 0.6 is 15.9 Å². The van der Waals surface area contributed by atoms with Crippen molar-refractivity contribution in [3.05, 3.63) is 46.7 Å². The van der Waals surface area contributed by atoms with Gasteiger partial charge in [-0.2, -0.15) is 0 Å². The first kappa shape index (κ1) is 11.0. The van der Waals surface area contributed by atoms with E-state index in [4.69, 9.17) is 0 Å². The molecule has 5 heteroatoms. The zero-order valence-electron chi connectivity index (χ0n) is 8.81. The highest BCUT2D eigenvalue weighted by Gasteiger charge is 1.97. The summed E-state index contributed by atoms with van der Waals surface area (Å²) in [5.74, 6) is 0. The molecular formula is C11H11BrN4. The monoisotopic (exact) mass is 278 g/mol. The lowest BCUT2D eigenvalue weighted by atomic mass is 10.4. The van der Waals surface area contributed by atoms with Gasteiger partial charge in [-0.05, 0) is 28.9 Å². The third kappa shape index (κ3) is 3.00. The normalized spacial score (nSPS) is 10.1. The first-order valence-corrected chi connectivity index (χ1v) is 5.65. The Morgan fingerprint density at radius 1 is 1.19 bits per heavy atom. The van der Waals surface area contributed by atoms with E-state index in [2.05, 4.69) is 36.2 Å². The summed E-state index contributed by atoms with van der Waals surface area (Å²) >= 11 is 3.37. The topological polar surface area (TPSA) is 50.7 Å². The number of hydrogen-bond acceptors (Lipinski definition) is 4. The molecule has 0 saturated carbocycles. The maximum atomic E-state index is 4.26. The van der Waals surface area contributed by atoms with Crippen LogP contribution in [0.4, 0.5) is 5.69 Å². The Morgan fingerprint density at radius 2 is 2.06 bits per heavy atom. The number of nitrogens with one attached hydrogen (secondary N) is 1. The van der Waals surface area contributed by atoms with Crippen molar-refractivity contribution in [3.63, 3.8) is 0 Å². The Morgan fingerprint density at radius 3 is 2.75 bits per heavy atom. The maximum Gasteiger partial charge on any atom is 0.0777 e. The first-order chi connectivity index (χ1) is 7.74. The molecule has 2 rings (SSSR count). The van der Waals surface area contributed by atoms with Crippen LogP contribution in [-0.4, -0.2) is 15.0 Å². The number of rotatable bonds is 3. The minimum Gasteiger partial charge on any atom is -0.378 e. The highest BCUT2D eigenvalue weighted by molar-refractivity contribution is 9.10. The van der Waals surface area contributed by atoms with E-state index in [1.807, 2.05) is 13.0 Å². The van der Waals surface area contributed by atoms with Crippen LogP contribution in [0.2, 0.25) is 0 Å². The SMILES string of the molecule is Cc1cnc(CNc2cncc(Br)c2)cn1. The quantitative estimate of drug-likeness (QED) is 0.938. The van der Waals surface area contributed by atoms with Gasteiger partial charge in [0.2, 0.25) is 0 Å². The van der Waals surface area contributed by atoms with E-state index in [9.17, 15) is 0 Å². The van der Waals surface area contributed by atoms with E-state index in [-0.39, 0.29) is 0 Å². The summed E-state index contributed by atoms with van der Waals surface area (Å²) < 4.78 is 0.951. The van der Waals surface area contributed by atoms with Gasteiger partial charge in [0.25, 0.3) is 0 Å². The molecule has 2 heterocycles. The minimum absolute atomic E-state index is 0.644. The number of aromatic nitrogens is 3. The third-order valence-corrected chi connectivity index (χ3v) is 2.45. The summed E-state index contributed by atoms with van der Waals surface area (Å²) in [5.41, 5.74) is 2.79. The van der Waals surface area contributed by atoms with Crippen LogP contribution in [0.15, 0.2) is 35.3 Å². The Hall–Kier alpha value is -1.49. The van der Waals surface area contributed by atoms with Crippen molar-refractivity contribution in [2.45, 2.75) is 13.5 Å². The molecule has 0 unspecified atom stereocenters. The molecule has 4 nitrogen and oxygen atoms in total. The van der Waals surface area contributed by atoms with Gasteiger partial charge < -0.3 is 5.32 Å². The Balaban J connectivity index is 1.99. The van der Waals surface area contributed by atoms with Gasteiger partial charge in [-0.3, -0.25) is 15.0 Å². The summed E-state index contributed by atoms with van der Waals surface area (Å²) in [6.07, 6.45) is 7.05. The van der Waals surface area contributed by atoms with Gasteiger partial charge in [0, 0.05) is 16.9 Å². The van der Waals surface area contributed by atoms with Gasteiger partial charge in [-0.25, -0.2) is 0 Å². The zero-order valence-corrected chi connectivity index (χ0v) is 10.4. The molecule has 0 fully saturated rings. The molecule has 0 bridgehead atoms. The molecule has 0 aliphatic carbocycles. The van der Waals surface area contributed by atoms with Crippen LogP contribution < -0.4 is 5.32 Å². The maximum absolute atomic E-state index is 4.26. The first-order valence-electron chi connectivity index (χ1n) is 4.86. The van der Waals surface area contributed by atoms with E-state index in [0.717, 1.165) is 21.5 Å². The van der Waals surface area contributed by atoms with Crippen molar-refractivity contribution in [1.82, 2.24) is 15.0 Å². The fourth-order valence-corrected chi connectivity index (χ4v) is 1.58. The second-order valence-electron chi connectivity index (χ2n) is 3.39. The smallest absolute Gasteiger partial charge is 0.0777 e. The lowest BCUT2D eigenvalue weighted by Crippen LogP contribution is -2.02. The molecule has 1 N–H and O–H groups in total. The number of hydrogen-bond donors (Lipinski definition) is 1. The van der Waals surface area contributed by atoms with E-state index >= 15 is 0 Å². The number of pyridine rings is 1. The third-order valence-electron chi connectivity index (χ3n) is 2.01. The van der Waals surface area contributed by atoms with Crippen molar-refractivity contribution in [3.8, 4) is 0 Å². The Kier molecular flexibility index (Phi) is 3.46. The standard InChI is InChI=1S/C11H11BrN4/c1-8-3-15-11(6-14-8)7-16-10-2-9(12)4-13-5-10/h2-6,16H,7H2,1H3. The number of anilines is 1. The zero-order chi connectivity index (χ0) is 11.4. The highest BCUT2D eigenvalue weighted by Crippen LogP contribution is 2.14. The second-order valence-corrected chi connectivity index (χ2v) is 4.31. The Labute approximate surface area is 102 Å². The van der Waals surface area contributed by atoms with E-state index in [1.54, 1.807) is 24.8 Å². The predicted molar refractivity (Wildman–Crippen MR) is 66.0 cm³/mol. The number of aryl methyl sites for hydroxylation is 1. The van der Waals surface area contributed by atoms with Crippen LogP contribution in [0.1, 0.15) is 11.4 Å². The lowest BCUT2D eigenvalue weighted by molar-refractivity contribution is 0.982. The fourth-order valence-electron chi connectivity index (χ4n) is 1.21. The summed E-state index contributed by atoms with van der Waals surface area (Å²) in [6.45, 7) is 2.56. The van der Waals surface area contributed by atoms with Crippen LogP contribution in [0.5, 0.6) is 0 Å². The van der Waals surface area contributed by atoms with Gasteiger partial charge in [-0.15, -0.1) is 0 Å². The van der Waals surface area contributed by atoms with Gasteiger partial charge in [0.15, 0.2) is 0 Å². The van der Waals surface area contributed by atoms with E-state index in [0.29, 0.717) is 6.54 Å². The average molecular weight is 279 g/mol. The van der Waals surface area contributed by atoms with Gasteiger partial charge in [0.1, 0.15) is 0 Å². The lowest BCUT2D eigenvalue weighted by Gasteiger charge is -2.05. The van der Waals surface area contributed by atoms with Crippen molar-refractivity contribution >= 4 is 21.6 Å². The molecule has 0 spiro atoms. The summed E-state index contributed by atoms with van der Waals surface area (Å²) in [4.78, 5) is 12.5. The second kappa shape index (κ2) is 5.03. The van der Waals surface area contributed by atoms with Crippen molar-refractivity contribution < 1.29 is 0 Å². The molecule has 0 saturated heterocycles. The molecule has 0 aromatic carbocycles. The van der Waals surface area contributed by atoms with Crippen LogP contribution in [0.25, 0.3) is 0 Å². The number of nitrogens with zero attached hydrogens (tertiary/aromatic N) is 3. The highest BCUT2D eigenvalue weighted by atomic mass is 79.9. The van der Waals surface area contributed by atoms with Crippen molar-refractivity contribution in [1.29, 1.82) is 0 Å². The molecule has 2 aromatic heterocycles. The molecular weight excluding hydrogens is 268 g/mol. The van der Waals surface area contributed by atoms with Gasteiger partial charge >= 0.3 is 0 Å².